The van der Waals surface area contributed by atoms with E-state index in [-0.39, 0.29) is 11.5 Å². The van der Waals surface area contributed by atoms with Gasteiger partial charge in [0.2, 0.25) is 0 Å². The quantitative estimate of drug-likeness (QED) is 0.839. The summed E-state index contributed by atoms with van der Waals surface area (Å²) in [4.78, 5) is 0. The highest BCUT2D eigenvalue weighted by molar-refractivity contribution is 5.27. The number of hydrogen-bond donors (Lipinski definition) is 1. The molecule has 0 spiro atoms. The van der Waals surface area contributed by atoms with Crippen molar-refractivity contribution in [3.63, 3.8) is 0 Å². The van der Waals surface area contributed by atoms with Crippen LogP contribution in [0.25, 0.3) is 0 Å². The van der Waals surface area contributed by atoms with E-state index in [1.54, 1.807) is 0 Å². The first-order chi connectivity index (χ1) is 7.95. The van der Waals surface area contributed by atoms with Crippen molar-refractivity contribution in [2.75, 3.05) is 0 Å². The second kappa shape index (κ2) is 4.81. The fourth-order valence-electron chi connectivity index (χ4n) is 2.23. The summed E-state index contributed by atoms with van der Waals surface area (Å²) in [7, 11) is 0. The molecule has 1 nitrogen and oxygen atoms in total. The number of benzene rings is 1. The molecule has 0 saturated heterocycles. The fourth-order valence-corrected chi connectivity index (χ4v) is 2.23. The SMILES string of the molecule is CC(C)(C)c1ccc(CC(O)CC2CC2)cc1. The van der Waals surface area contributed by atoms with E-state index in [2.05, 4.69) is 45.0 Å². The van der Waals surface area contributed by atoms with Crippen molar-refractivity contribution in [3.05, 3.63) is 35.4 Å². The van der Waals surface area contributed by atoms with E-state index < -0.39 is 0 Å². The normalized spacial score (nSPS) is 18.1. The molecule has 1 aromatic rings. The van der Waals surface area contributed by atoms with Crippen molar-refractivity contribution in [3.8, 4) is 0 Å². The summed E-state index contributed by atoms with van der Waals surface area (Å²) in [5.41, 5.74) is 2.83. The Hall–Kier alpha value is -0.820. The molecule has 2 rings (SSSR count). The van der Waals surface area contributed by atoms with Crippen molar-refractivity contribution in [2.24, 2.45) is 5.92 Å². The molecular weight excluding hydrogens is 208 g/mol. The number of aliphatic hydroxyl groups excluding tert-OH is 1. The van der Waals surface area contributed by atoms with Gasteiger partial charge in [-0.1, -0.05) is 57.9 Å². The van der Waals surface area contributed by atoms with Crippen molar-refractivity contribution in [1.82, 2.24) is 0 Å². The van der Waals surface area contributed by atoms with Crippen molar-refractivity contribution in [2.45, 2.75) is 58.0 Å². The van der Waals surface area contributed by atoms with Gasteiger partial charge in [0, 0.05) is 0 Å². The first-order valence-electron chi connectivity index (χ1n) is 6.72. The molecule has 1 saturated carbocycles. The van der Waals surface area contributed by atoms with Gasteiger partial charge in [-0.25, -0.2) is 0 Å². The van der Waals surface area contributed by atoms with Gasteiger partial charge in [-0.05, 0) is 35.3 Å². The van der Waals surface area contributed by atoms with Crippen LogP contribution in [-0.2, 0) is 11.8 Å². The first-order valence-corrected chi connectivity index (χ1v) is 6.72. The number of rotatable bonds is 4. The molecule has 1 fully saturated rings. The third-order valence-electron chi connectivity index (χ3n) is 3.59. The van der Waals surface area contributed by atoms with E-state index in [9.17, 15) is 5.11 Å². The molecule has 94 valence electrons. The molecule has 0 radical (unpaired) electrons. The molecule has 1 aromatic carbocycles. The van der Waals surface area contributed by atoms with Gasteiger partial charge in [0.25, 0.3) is 0 Å². The Morgan fingerprint density at radius 3 is 2.24 bits per heavy atom. The van der Waals surface area contributed by atoms with Gasteiger partial charge in [-0.2, -0.15) is 0 Å². The summed E-state index contributed by atoms with van der Waals surface area (Å²) >= 11 is 0. The molecule has 1 aliphatic carbocycles. The Kier molecular flexibility index (Phi) is 3.58. The smallest absolute Gasteiger partial charge is 0.0583 e. The predicted molar refractivity (Wildman–Crippen MR) is 72.2 cm³/mol. The van der Waals surface area contributed by atoms with Crippen LogP contribution in [0.15, 0.2) is 24.3 Å². The zero-order valence-electron chi connectivity index (χ0n) is 11.2. The van der Waals surface area contributed by atoms with Crippen LogP contribution in [0.3, 0.4) is 0 Å². The van der Waals surface area contributed by atoms with E-state index in [0.29, 0.717) is 0 Å². The van der Waals surface area contributed by atoms with E-state index in [4.69, 9.17) is 0 Å². The Morgan fingerprint density at radius 2 is 1.76 bits per heavy atom. The maximum Gasteiger partial charge on any atom is 0.0583 e. The lowest BCUT2D eigenvalue weighted by atomic mass is 9.86. The number of hydrogen-bond acceptors (Lipinski definition) is 1. The monoisotopic (exact) mass is 232 g/mol. The highest BCUT2D eigenvalue weighted by Gasteiger charge is 2.24. The molecule has 1 N–H and O–H groups in total. The van der Waals surface area contributed by atoms with E-state index in [0.717, 1.165) is 18.8 Å². The average molecular weight is 232 g/mol. The minimum absolute atomic E-state index is 0.150. The van der Waals surface area contributed by atoms with Crippen LogP contribution >= 0.6 is 0 Å². The molecule has 1 unspecified atom stereocenters. The summed E-state index contributed by atoms with van der Waals surface area (Å²) in [6.45, 7) is 6.68. The third-order valence-corrected chi connectivity index (χ3v) is 3.59. The molecule has 0 heterocycles. The highest BCUT2D eigenvalue weighted by Crippen LogP contribution is 2.34. The van der Waals surface area contributed by atoms with E-state index in [1.165, 1.54) is 24.0 Å². The minimum atomic E-state index is -0.150. The minimum Gasteiger partial charge on any atom is -0.393 e. The zero-order chi connectivity index (χ0) is 12.5. The van der Waals surface area contributed by atoms with Gasteiger partial charge in [0.05, 0.1) is 6.10 Å². The highest BCUT2D eigenvalue weighted by atomic mass is 16.3. The van der Waals surface area contributed by atoms with Gasteiger partial charge in [0.15, 0.2) is 0 Å². The van der Waals surface area contributed by atoms with Crippen LogP contribution in [0.1, 0.15) is 51.2 Å². The lowest BCUT2D eigenvalue weighted by Crippen LogP contribution is -2.13. The molecule has 1 atom stereocenters. The maximum absolute atomic E-state index is 9.94. The average Bonchev–Trinajstić information content (AvgIpc) is 3.01. The van der Waals surface area contributed by atoms with E-state index in [1.807, 2.05) is 0 Å². The zero-order valence-corrected chi connectivity index (χ0v) is 11.2. The van der Waals surface area contributed by atoms with Crippen LogP contribution in [0.5, 0.6) is 0 Å². The third kappa shape index (κ3) is 3.85. The molecule has 0 aromatic heterocycles. The summed E-state index contributed by atoms with van der Waals surface area (Å²) in [6.07, 6.45) is 4.28. The van der Waals surface area contributed by atoms with Gasteiger partial charge in [0.1, 0.15) is 0 Å². The second-order valence-corrected chi connectivity index (χ2v) is 6.48. The Balaban J connectivity index is 1.92. The second-order valence-electron chi connectivity index (χ2n) is 6.48. The molecule has 1 heteroatoms. The van der Waals surface area contributed by atoms with Crippen LogP contribution in [0, 0.1) is 5.92 Å². The van der Waals surface area contributed by atoms with Crippen molar-refractivity contribution in [1.29, 1.82) is 0 Å². The van der Waals surface area contributed by atoms with Crippen molar-refractivity contribution < 1.29 is 5.11 Å². The van der Waals surface area contributed by atoms with Gasteiger partial charge in [-0.3, -0.25) is 0 Å². The lowest BCUT2D eigenvalue weighted by Gasteiger charge is -2.19. The van der Waals surface area contributed by atoms with Gasteiger partial charge < -0.3 is 5.11 Å². The maximum atomic E-state index is 9.94. The summed E-state index contributed by atoms with van der Waals surface area (Å²) < 4.78 is 0. The van der Waals surface area contributed by atoms with Gasteiger partial charge in [-0.15, -0.1) is 0 Å². The van der Waals surface area contributed by atoms with E-state index >= 15 is 0 Å². The molecule has 0 amide bonds. The Labute approximate surface area is 105 Å². The van der Waals surface area contributed by atoms with Gasteiger partial charge >= 0.3 is 0 Å². The molecular formula is C16H24O. The van der Waals surface area contributed by atoms with Crippen LogP contribution < -0.4 is 0 Å². The molecule has 17 heavy (non-hydrogen) atoms. The first kappa shape index (κ1) is 12.6. The Morgan fingerprint density at radius 1 is 1.18 bits per heavy atom. The number of aliphatic hydroxyl groups is 1. The van der Waals surface area contributed by atoms with Crippen LogP contribution in [0.4, 0.5) is 0 Å². The molecule has 1 aliphatic rings. The topological polar surface area (TPSA) is 20.2 Å². The standard InChI is InChI=1S/C16H24O/c1-16(2,3)14-8-6-13(7-9-14)11-15(17)10-12-4-5-12/h6-9,12,15,17H,4-5,10-11H2,1-3H3. The van der Waals surface area contributed by atoms with Crippen LogP contribution in [0.2, 0.25) is 0 Å². The molecule has 0 bridgehead atoms. The summed E-state index contributed by atoms with van der Waals surface area (Å²) in [5.74, 6) is 0.804. The fraction of sp³-hybridized carbons (Fsp3) is 0.625. The Bertz CT molecular complexity index is 354. The lowest BCUT2D eigenvalue weighted by molar-refractivity contribution is 0.158. The largest absolute Gasteiger partial charge is 0.393 e. The summed E-state index contributed by atoms with van der Waals surface area (Å²) in [6, 6.07) is 8.71. The van der Waals surface area contributed by atoms with Crippen molar-refractivity contribution >= 4 is 0 Å². The summed E-state index contributed by atoms with van der Waals surface area (Å²) in [5, 5.41) is 9.94. The van der Waals surface area contributed by atoms with Crippen LogP contribution in [-0.4, -0.2) is 11.2 Å². The predicted octanol–water partition coefficient (Wildman–Crippen LogP) is 3.69. The molecule has 0 aliphatic heterocycles.